The molecule has 0 aliphatic carbocycles. The minimum absolute atomic E-state index is 0.132. The lowest BCUT2D eigenvalue weighted by molar-refractivity contribution is 0.415. The summed E-state index contributed by atoms with van der Waals surface area (Å²) in [6.45, 7) is 2.49. The van der Waals surface area contributed by atoms with E-state index in [1.807, 2.05) is 78.2 Å². The van der Waals surface area contributed by atoms with E-state index in [4.69, 9.17) is 13.6 Å². The summed E-state index contributed by atoms with van der Waals surface area (Å²) < 4.78 is 18.9. The lowest BCUT2D eigenvalue weighted by Crippen LogP contribution is -2.04. The molecule has 0 bridgehead atoms. The van der Waals surface area contributed by atoms with Gasteiger partial charge in [0.2, 0.25) is 11.8 Å². The van der Waals surface area contributed by atoms with Crippen molar-refractivity contribution in [2.75, 3.05) is 7.11 Å². The van der Waals surface area contributed by atoms with E-state index in [0.29, 0.717) is 18.3 Å². The minimum atomic E-state index is -0.132. The second kappa shape index (κ2) is 9.33. The van der Waals surface area contributed by atoms with E-state index in [-0.39, 0.29) is 5.25 Å². The number of hydrogen-bond acceptors (Lipinski definition) is 8. The molecule has 0 saturated heterocycles. The summed E-state index contributed by atoms with van der Waals surface area (Å²) >= 11 is 1.50. The fourth-order valence-electron chi connectivity index (χ4n) is 3.36. The molecule has 5 aromatic rings. The maximum Gasteiger partial charge on any atom is 0.247 e. The number of hydrogen-bond donors (Lipinski definition) is 0. The third kappa shape index (κ3) is 4.54. The lowest BCUT2D eigenvalue weighted by Gasteiger charge is -2.11. The molecule has 0 N–H and O–H groups in total. The number of thioether (sulfide) groups is 1. The predicted octanol–water partition coefficient (Wildman–Crippen LogP) is 5.50. The van der Waals surface area contributed by atoms with Gasteiger partial charge >= 0.3 is 0 Å². The molecule has 0 spiro atoms. The highest BCUT2D eigenvalue weighted by Crippen LogP contribution is 2.36. The first-order valence-corrected chi connectivity index (χ1v) is 11.2. The first-order valence-electron chi connectivity index (χ1n) is 10.4. The summed E-state index contributed by atoms with van der Waals surface area (Å²) in [5.74, 6) is 3.29. The average molecular weight is 460 g/mol. The highest BCUT2D eigenvalue weighted by Gasteiger charge is 2.22. The Balaban J connectivity index is 1.45. The zero-order chi connectivity index (χ0) is 22.6. The Morgan fingerprint density at radius 3 is 2.58 bits per heavy atom. The van der Waals surface area contributed by atoms with Crippen molar-refractivity contribution in [1.29, 1.82) is 0 Å². The van der Waals surface area contributed by atoms with E-state index < -0.39 is 0 Å². The predicted molar refractivity (Wildman–Crippen MR) is 124 cm³/mol. The molecule has 0 fully saturated rings. The van der Waals surface area contributed by atoms with E-state index >= 15 is 0 Å². The van der Waals surface area contributed by atoms with E-state index in [1.165, 1.54) is 11.8 Å². The molecule has 3 aromatic heterocycles. The third-order valence-electron chi connectivity index (χ3n) is 5.03. The van der Waals surface area contributed by atoms with Crippen LogP contribution in [-0.2, 0) is 6.54 Å². The van der Waals surface area contributed by atoms with Crippen LogP contribution in [-0.4, -0.2) is 32.1 Å². The Labute approximate surface area is 194 Å². The second-order valence-electron chi connectivity index (χ2n) is 7.28. The zero-order valence-corrected chi connectivity index (χ0v) is 18.9. The molecule has 0 aliphatic rings. The van der Waals surface area contributed by atoms with Gasteiger partial charge in [0.1, 0.15) is 11.5 Å². The number of furan rings is 1. The first-order chi connectivity index (χ1) is 16.2. The topological polar surface area (TPSA) is 92.0 Å². The van der Waals surface area contributed by atoms with Crippen LogP contribution in [0.1, 0.15) is 23.8 Å². The molecule has 3 heterocycles. The summed E-state index contributed by atoms with van der Waals surface area (Å²) in [5, 5.41) is 18.0. The van der Waals surface area contributed by atoms with Crippen LogP contribution in [0.2, 0.25) is 0 Å². The summed E-state index contributed by atoms with van der Waals surface area (Å²) in [6, 6.07) is 21.2. The second-order valence-corrected chi connectivity index (χ2v) is 8.58. The molecule has 0 saturated carbocycles. The quantitative estimate of drug-likeness (QED) is 0.281. The smallest absolute Gasteiger partial charge is 0.247 e. The van der Waals surface area contributed by atoms with Gasteiger partial charge in [-0.1, -0.05) is 42.1 Å². The number of aromatic nitrogens is 5. The largest absolute Gasteiger partial charge is 0.497 e. The Bertz CT molecular complexity index is 1330. The van der Waals surface area contributed by atoms with Crippen molar-refractivity contribution in [3.63, 3.8) is 0 Å². The van der Waals surface area contributed by atoms with Crippen LogP contribution in [0.3, 0.4) is 0 Å². The van der Waals surface area contributed by atoms with Gasteiger partial charge in [0.15, 0.2) is 11.0 Å². The maximum atomic E-state index is 5.94. The Morgan fingerprint density at radius 1 is 0.939 bits per heavy atom. The number of ether oxygens (including phenoxy) is 1. The van der Waals surface area contributed by atoms with Crippen LogP contribution >= 0.6 is 11.8 Å². The monoisotopic (exact) mass is 459 g/mol. The molecule has 33 heavy (non-hydrogen) atoms. The van der Waals surface area contributed by atoms with Gasteiger partial charge in [0, 0.05) is 11.1 Å². The van der Waals surface area contributed by atoms with Crippen molar-refractivity contribution < 1.29 is 13.6 Å². The number of nitrogens with zero attached hydrogens (tertiary/aromatic N) is 5. The van der Waals surface area contributed by atoms with Gasteiger partial charge in [-0.05, 0) is 43.3 Å². The standard InChI is InChI=1S/C24H21N5O3S/c1-16(22-26-27-23(32-22)17-8-4-3-5-9-17)33-24-28-25-21(18-10-6-11-19(14-18)30-2)29(24)15-20-12-7-13-31-20/h3-14,16H,15H2,1-2H3. The van der Waals surface area contributed by atoms with E-state index in [2.05, 4.69) is 20.4 Å². The van der Waals surface area contributed by atoms with Crippen molar-refractivity contribution in [3.8, 4) is 28.6 Å². The van der Waals surface area contributed by atoms with Crippen molar-refractivity contribution in [2.24, 2.45) is 0 Å². The van der Waals surface area contributed by atoms with Crippen LogP contribution in [0.4, 0.5) is 0 Å². The molecule has 5 rings (SSSR count). The molecule has 0 amide bonds. The average Bonchev–Trinajstić information content (AvgIpc) is 3.62. The molecule has 8 nitrogen and oxygen atoms in total. The van der Waals surface area contributed by atoms with Crippen molar-refractivity contribution in [3.05, 3.63) is 84.6 Å². The van der Waals surface area contributed by atoms with Crippen LogP contribution in [0, 0.1) is 0 Å². The molecule has 2 aromatic carbocycles. The van der Waals surface area contributed by atoms with E-state index in [0.717, 1.165) is 33.6 Å². The molecular formula is C24H21N5O3S. The van der Waals surface area contributed by atoms with Crippen LogP contribution in [0.15, 0.2) is 87.0 Å². The van der Waals surface area contributed by atoms with Gasteiger partial charge in [-0.15, -0.1) is 20.4 Å². The fourth-order valence-corrected chi connectivity index (χ4v) is 4.24. The van der Waals surface area contributed by atoms with Crippen molar-refractivity contribution in [2.45, 2.75) is 23.9 Å². The number of benzene rings is 2. The first kappa shape index (κ1) is 21.0. The molecule has 1 atom stereocenters. The molecule has 166 valence electrons. The number of rotatable bonds is 8. The maximum absolute atomic E-state index is 5.94. The number of methoxy groups -OCH3 is 1. The molecule has 0 radical (unpaired) electrons. The van der Waals surface area contributed by atoms with Crippen LogP contribution in [0.25, 0.3) is 22.8 Å². The van der Waals surface area contributed by atoms with Gasteiger partial charge in [0.05, 0.1) is 25.2 Å². The Morgan fingerprint density at radius 2 is 1.79 bits per heavy atom. The van der Waals surface area contributed by atoms with Crippen LogP contribution in [0.5, 0.6) is 5.75 Å². The van der Waals surface area contributed by atoms with Crippen molar-refractivity contribution in [1.82, 2.24) is 25.0 Å². The summed E-state index contributed by atoms with van der Waals surface area (Å²) in [6.07, 6.45) is 1.66. The van der Waals surface area contributed by atoms with Crippen molar-refractivity contribution >= 4 is 11.8 Å². The third-order valence-corrected chi connectivity index (χ3v) is 6.10. The molecular weight excluding hydrogens is 438 g/mol. The minimum Gasteiger partial charge on any atom is -0.497 e. The van der Waals surface area contributed by atoms with Gasteiger partial charge in [0.25, 0.3) is 0 Å². The normalized spacial score (nSPS) is 12.1. The highest BCUT2D eigenvalue weighted by molar-refractivity contribution is 7.99. The zero-order valence-electron chi connectivity index (χ0n) is 18.1. The fraction of sp³-hybridized carbons (Fsp3) is 0.167. The Kier molecular flexibility index (Phi) is 5.95. The summed E-state index contributed by atoms with van der Waals surface area (Å²) in [5.41, 5.74) is 1.78. The lowest BCUT2D eigenvalue weighted by atomic mass is 10.2. The highest BCUT2D eigenvalue weighted by atomic mass is 32.2. The molecule has 1 unspecified atom stereocenters. The van der Waals surface area contributed by atoms with Gasteiger partial charge in [-0.2, -0.15) is 0 Å². The summed E-state index contributed by atoms with van der Waals surface area (Å²) in [7, 11) is 1.64. The SMILES string of the molecule is COc1cccc(-c2nnc(SC(C)c3nnc(-c4ccccc4)o3)n2Cc2ccco2)c1. The Hall–Kier alpha value is -3.85. The molecule has 9 heteroatoms. The molecule has 0 aliphatic heterocycles. The van der Waals surface area contributed by atoms with Gasteiger partial charge < -0.3 is 13.6 Å². The van der Waals surface area contributed by atoms with Gasteiger partial charge in [-0.3, -0.25) is 4.57 Å². The van der Waals surface area contributed by atoms with E-state index in [9.17, 15) is 0 Å². The summed E-state index contributed by atoms with van der Waals surface area (Å²) in [4.78, 5) is 0. The van der Waals surface area contributed by atoms with Crippen LogP contribution < -0.4 is 4.74 Å². The van der Waals surface area contributed by atoms with E-state index in [1.54, 1.807) is 13.4 Å². The van der Waals surface area contributed by atoms with Gasteiger partial charge in [-0.25, -0.2) is 0 Å².